The van der Waals surface area contributed by atoms with E-state index in [1.165, 1.54) is 10.8 Å². The van der Waals surface area contributed by atoms with Crippen molar-refractivity contribution in [3.63, 3.8) is 0 Å². The van der Waals surface area contributed by atoms with Crippen LogP contribution >= 0.6 is 11.6 Å². The first kappa shape index (κ1) is 25.0. The Balaban J connectivity index is 1.37. The number of piperidine rings is 1. The lowest BCUT2D eigenvalue weighted by molar-refractivity contribution is -0.0579. The second-order valence-electron chi connectivity index (χ2n) is 10.1. The smallest absolute Gasteiger partial charge is 0.301 e. The number of pyridine rings is 1. The number of anilines is 4. The van der Waals surface area contributed by atoms with Crippen molar-refractivity contribution in [1.82, 2.24) is 14.5 Å². The van der Waals surface area contributed by atoms with Crippen molar-refractivity contribution < 1.29 is 22.3 Å². The summed E-state index contributed by atoms with van der Waals surface area (Å²) in [4.78, 5) is 23.1. The second kappa shape index (κ2) is 9.18. The maximum absolute atomic E-state index is 14.9. The Bertz CT molecular complexity index is 1470. The minimum atomic E-state index is -3.15. The number of halogens is 5. The molecule has 2 aliphatic heterocycles. The van der Waals surface area contributed by atoms with E-state index in [9.17, 15) is 22.4 Å². The molecule has 3 aliphatic rings. The number of fused-ring (bicyclic) bond motifs is 3. The molecular weight excluding hydrogens is 528 g/mol. The Hall–Kier alpha value is -3.28. The fourth-order valence-corrected chi connectivity index (χ4v) is 5.22. The minimum absolute atomic E-state index is 0.0282. The maximum Gasteiger partial charge on any atom is 0.301 e. The van der Waals surface area contributed by atoms with Crippen LogP contribution in [-0.4, -0.2) is 58.5 Å². The van der Waals surface area contributed by atoms with Crippen molar-refractivity contribution in [3.8, 4) is 5.75 Å². The Morgan fingerprint density at radius 3 is 2.74 bits per heavy atom. The number of ether oxygens (including phenoxy) is 1. The van der Waals surface area contributed by atoms with E-state index in [0.717, 1.165) is 0 Å². The molecule has 1 aromatic carbocycles. The SMILES string of the molecule is Cn1c(=O)c2c(c3cc(Nc4nc(N5CC[C@@H](F)[C@H](F)C5)ncc4Cl)ccc31)NC(C1CC1)C(F)(F)CO2. The van der Waals surface area contributed by atoms with E-state index in [4.69, 9.17) is 16.3 Å². The topological polar surface area (TPSA) is 84.3 Å². The lowest BCUT2D eigenvalue weighted by Crippen LogP contribution is -2.44. The monoisotopic (exact) mass is 552 g/mol. The Morgan fingerprint density at radius 1 is 1.21 bits per heavy atom. The molecular formula is C25H25ClF4N6O2. The molecule has 8 nitrogen and oxygen atoms in total. The number of aryl methyl sites for hydroxylation is 1. The predicted molar refractivity (Wildman–Crippen MR) is 137 cm³/mol. The first-order valence-electron chi connectivity index (χ1n) is 12.4. The number of alkyl halides is 4. The first-order chi connectivity index (χ1) is 18.1. The molecule has 1 unspecified atom stereocenters. The van der Waals surface area contributed by atoms with E-state index < -0.39 is 36.5 Å². The van der Waals surface area contributed by atoms with E-state index in [1.54, 1.807) is 30.1 Å². The standard InChI is InChI=1S/C25H25ClF4N6O2/c1-35-18-5-4-13(32-22-15(26)9-31-24(34-22)36-7-6-16(27)17(28)10-36)8-14(18)19-20(23(35)37)38-11-25(29,30)21(33-19)12-2-3-12/h4-5,8-9,12,16-17,21,33H,2-3,6-7,10-11H2,1H3,(H,31,32,34)/t16-,17-,21?/m1/s1. The summed E-state index contributed by atoms with van der Waals surface area (Å²) in [5, 5.41) is 6.75. The summed E-state index contributed by atoms with van der Waals surface area (Å²) in [7, 11) is 1.55. The Morgan fingerprint density at radius 2 is 2.00 bits per heavy atom. The average Bonchev–Trinajstić information content (AvgIpc) is 3.73. The van der Waals surface area contributed by atoms with Crippen LogP contribution in [0.3, 0.4) is 0 Å². The van der Waals surface area contributed by atoms with Gasteiger partial charge in [0.15, 0.2) is 12.4 Å². The Kier molecular flexibility index (Phi) is 6.04. The van der Waals surface area contributed by atoms with Gasteiger partial charge in [-0.15, -0.1) is 0 Å². The third-order valence-corrected chi connectivity index (χ3v) is 7.63. The molecule has 202 valence electrons. The zero-order valence-corrected chi connectivity index (χ0v) is 21.1. The fraction of sp³-hybridized carbons (Fsp3) is 0.480. The molecule has 3 aromatic rings. The molecule has 2 N–H and O–H groups in total. The molecule has 0 spiro atoms. The molecule has 3 atom stereocenters. The number of rotatable bonds is 4. The maximum atomic E-state index is 14.9. The lowest BCUT2D eigenvalue weighted by Gasteiger charge is -2.31. The summed E-state index contributed by atoms with van der Waals surface area (Å²) in [6.07, 6.45) is -0.395. The summed E-state index contributed by atoms with van der Waals surface area (Å²) in [6.45, 7) is -0.792. The van der Waals surface area contributed by atoms with Gasteiger partial charge in [0.25, 0.3) is 5.56 Å². The van der Waals surface area contributed by atoms with Crippen molar-refractivity contribution >= 4 is 45.6 Å². The highest BCUT2D eigenvalue weighted by Crippen LogP contribution is 2.45. The average molecular weight is 553 g/mol. The summed E-state index contributed by atoms with van der Waals surface area (Å²) in [5.41, 5.74) is 0.738. The highest BCUT2D eigenvalue weighted by molar-refractivity contribution is 6.32. The van der Waals surface area contributed by atoms with Gasteiger partial charge in [0, 0.05) is 24.7 Å². The number of benzene rings is 1. The van der Waals surface area contributed by atoms with Gasteiger partial charge in [0.1, 0.15) is 17.4 Å². The number of aromatic nitrogens is 3. The molecule has 1 aliphatic carbocycles. The number of hydrogen-bond acceptors (Lipinski definition) is 7. The van der Waals surface area contributed by atoms with Gasteiger partial charge in [-0.1, -0.05) is 11.6 Å². The van der Waals surface area contributed by atoms with E-state index >= 15 is 0 Å². The molecule has 38 heavy (non-hydrogen) atoms. The molecule has 13 heteroatoms. The molecule has 2 aromatic heterocycles. The van der Waals surface area contributed by atoms with Gasteiger partial charge in [-0.25, -0.2) is 22.5 Å². The molecule has 4 heterocycles. The van der Waals surface area contributed by atoms with Crippen molar-refractivity contribution in [1.29, 1.82) is 0 Å². The Labute approximate surface area is 220 Å². The van der Waals surface area contributed by atoms with Gasteiger partial charge >= 0.3 is 5.92 Å². The molecule has 1 saturated carbocycles. The molecule has 2 fully saturated rings. The summed E-state index contributed by atoms with van der Waals surface area (Å²) in [5.74, 6) is -3.07. The first-order valence-corrected chi connectivity index (χ1v) is 12.8. The largest absolute Gasteiger partial charge is 0.480 e. The number of nitrogens with one attached hydrogen (secondary N) is 2. The van der Waals surface area contributed by atoms with Crippen LogP contribution in [0.1, 0.15) is 19.3 Å². The van der Waals surface area contributed by atoms with E-state index in [2.05, 4.69) is 20.6 Å². The number of nitrogens with zero attached hydrogens (tertiary/aromatic N) is 4. The van der Waals surface area contributed by atoms with Gasteiger partial charge in [-0.2, -0.15) is 4.98 Å². The summed E-state index contributed by atoms with van der Waals surface area (Å²) in [6, 6.07) is 3.93. The van der Waals surface area contributed by atoms with Crippen LogP contribution in [0.15, 0.2) is 29.2 Å². The molecule has 0 radical (unpaired) electrons. The minimum Gasteiger partial charge on any atom is -0.480 e. The van der Waals surface area contributed by atoms with Crippen LogP contribution in [0.4, 0.5) is 40.7 Å². The zero-order valence-electron chi connectivity index (χ0n) is 20.4. The van der Waals surface area contributed by atoms with Crippen LogP contribution in [0, 0.1) is 5.92 Å². The van der Waals surface area contributed by atoms with Crippen molar-refractivity contribution in [2.24, 2.45) is 13.0 Å². The van der Waals surface area contributed by atoms with Gasteiger partial charge in [-0.05, 0) is 43.4 Å². The van der Waals surface area contributed by atoms with Gasteiger partial charge in [0.2, 0.25) is 11.7 Å². The molecule has 1 saturated heterocycles. The predicted octanol–water partition coefficient (Wildman–Crippen LogP) is 4.83. The van der Waals surface area contributed by atoms with Crippen LogP contribution in [0.25, 0.3) is 10.9 Å². The van der Waals surface area contributed by atoms with Gasteiger partial charge < -0.3 is 24.8 Å². The van der Waals surface area contributed by atoms with E-state index in [-0.39, 0.29) is 53.7 Å². The lowest BCUT2D eigenvalue weighted by atomic mass is 10.0. The third-order valence-electron chi connectivity index (χ3n) is 7.35. The van der Waals surface area contributed by atoms with Crippen molar-refractivity contribution in [3.05, 3.63) is 39.8 Å². The zero-order chi connectivity index (χ0) is 26.8. The van der Waals surface area contributed by atoms with Crippen LogP contribution in [0.5, 0.6) is 5.75 Å². The summed E-state index contributed by atoms with van der Waals surface area (Å²) >= 11 is 6.33. The molecule has 0 bridgehead atoms. The van der Waals surface area contributed by atoms with E-state index in [0.29, 0.717) is 29.4 Å². The van der Waals surface area contributed by atoms with E-state index in [1.807, 2.05) is 0 Å². The fourth-order valence-electron chi connectivity index (χ4n) is 5.08. The molecule has 6 rings (SSSR count). The third kappa shape index (κ3) is 4.38. The molecule has 0 amide bonds. The van der Waals surface area contributed by atoms with Crippen molar-refractivity contribution in [2.45, 2.75) is 43.6 Å². The van der Waals surface area contributed by atoms with Gasteiger partial charge in [-0.3, -0.25) is 4.79 Å². The quantitative estimate of drug-likeness (QED) is 0.449. The highest BCUT2D eigenvalue weighted by Gasteiger charge is 2.51. The van der Waals surface area contributed by atoms with Crippen LogP contribution in [0.2, 0.25) is 5.02 Å². The number of hydrogen-bond donors (Lipinski definition) is 2. The highest BCUT2D eigenvalue weighted by atomic mass is 35.5. The normalized spacial score (nSPS) is 24.8. The summed E-state index contributed by atoms with van der Waals surface area (Å²) < 4.78 is 64.0. The van der Waals surface area contributed by atoms with Crippen LogP contribution < -0.4 is 25.8 Å². The second-order valence-corrected chi connectivity index (χ2v) is 10.5. The van der Waals surface area contributed by atoms with Crippen LogP contribution in [-0.2, 0) is 7.05 Å². The van der Waals surface area contributed by atoms with Crippen molar-refractivity contribution in [2.75, 3.05) is 35.2 Å². The van der Waals surface area contributed by atoms with Gasteiger partial charge in [0.05, 0.1) is 30.0 Å².